The maximum atomic E-state index is 12.4. The third-order valence-corrected chi connectivity index (χ3v) is 4.44. The Morgan fingerprint density at radius 1 is 1.22 bits per heavy atom. The Labute approximate surface area is 158 Å². The van der Waals surface area contributed by atoms with Gasteiger partial charge in [0.25, 0.3) is 0 Å². The van der Waals surface area contributed by atoms with Crippen LogP contribution in [0.3, 0.4) is 0 Å². The van der Waals surface area contributed by atoms with Crippen molar-refractivity contribution in [2.75, 3.05) is 13.7 Å². The van der Waals surface area contributed by atoms with E-state index in [1.165, 1.54) is 0 Å². The minimum atomic E-state index is -0.490. The lowest BCUT2D eigenvalue weighted by Crippen LogP contribution is -2.09. The van der Waals surface area contributed by atoms with Crippen LogP contribution in [0.2, 0.25) is 0 Å². The van der Waals surface area contributed by atoms with Gasteiger partial charge in [0.1, 0.15) is 5.69 Å². The van der Waals surface area contributed by atoms with Gasteiger partial charge in [-0.25, -0.2) is 4.79 Å². The van der Waals surface area contributed by atoms with Crippen LogP contribution in [-0.2, 0) is 31.1 Å². The van der Waals surface area contributed by atoms with Crippen molar-refractivity contribution < 1.29 is 24.9 Å². The van der Waals surface area contributed by atoms with Crippen molar-refractivity contribution in [3.05, 3.63) is 52.4 Å². The van der Waals surface area contributed by atoms with E-state index in [1.807, 2.05) is 0 Å². The second-order valence-corrected chi connectivity index (χ2v) is 5.93. The zero-order valence-corrected chi connectivity index (χ0v) is 15.6. The van der Waals surface area contributed by atoms with Crippen molar-refractivity contribution in [3.8, 4) is 11.1 Å². The van der Waals surface area contributed by atoms with Crippen LogP contribution in [-0.4, -0.2) is 39.9 Å². The summed E-state index contributed by atoms with van der Waals surface area (Å²) in [4.78, 5) is 15.5. The zero-order chi connectivity index (χ0) is 20.0. The molecule has 7 heteroatoms. The van der Waals surface area contributed by atoms with Gasteiger partial charge in [-0.15, -0.1) is 0 Å². The average molecular weight is 374 g/mol. The minimum Gasteiger partial charge on any atom is -0.461 e. The summed E-state index contributed by atoms with van der Waals surface area (Å²) >= 11 is 0. The molecule has 0 radical (unpaired) electrons. The molecule has 0 aliphatic rings. The number of hydrogen-bond donors (Lipinski definition) is 5. The molecule has 1 aromatic carbocycles. The van der Waals surface area contributed by atoms with Gasteiger partial charge in [0.15, 0.2) is 0 Å². The molecule has 7 nitrogen and oxygen atoms in total. The molecular weight excluding hydrogens is 348 g/mol. The number of aliphatic hydroxyl groups excluding tert-OH is 3. The Kier molecular flexibility index (Phi) is 7.32. The maximum Gasteiger partial charge on any atom is 0.355 e. The highest BCUT2D eigenvalue weighted by molar-refractivity contribution is 5.97. The van der Waals surface area contributed by atoms with Crippen molar-refractivity contribution in [3.63, 3.8) is 0 Å². The molecule has 0 fully saturated rings. The summed E-state index contributed by atoms with van der Waals surface area (Å²) in [6.45, 7) is 5.35. The molecule has 5 N–H and O–H groups in total. The van der Waals surface area contributed by atoms with E-state index in [-0.39, 0.29) is 32.1 Å². The molecule has 27 heavy (non-hydrogen) atoms. The van der Waals surface area contributed by atoms with E-state index in [0.717, 1.165) is 5.69 Å². The lowest BCUT2D eigenvalue weighted by Gasteiger charge is -2.17. The number of aliphatic hydroxyl groups is 3. The molecule has 0 bridgehead atoms. The molecule has 0 unspecified atom stereocenters. The molecule has 2 aromatic rings. The number of hydrogen-bond acceptors (Lipinski definition) is 6. The maximum absolute atomic E-state index is 12.4. The van der Waals surface area contributed by atoms with E-state index in [0.29, 0.717) is 39.9 Å². The summed E-state index contributed by atoms with van der Waals surface area (Å²) in [6.07, 6.45) is 1.57. The number of ether oxygens (including phenoxy) is 1. The lowest BCUT2D eigenvalue weighted by atomic mass is 9.90. The third-order valence-electron chi connectivity index (χ3n) is 4.44. The highest BCUT2D eigenvalue weighted by atomic mass is 16.5. The van der Waals surface area contributed by atoms with Gasteiger partial charge < -0.3 is 30.4 Å². The number of nitrogens with one attached hydrogen (secondary N) is 2. The van der Waals surface area contributed by atoms with E-state index >= 15 is 0 Å². The van der Waals surface area contributed by atoms with E-state index in [1.54, 1.807) is 32.2 Å². The standard InChI is InChI=1S/C20H26N2O5/c1-4-13-18(17(8-21-3)22-19(13)20(26)27-5-2)14-7-6-12(9-23)15(10-24)16(14)11-25/h4,6-7,21-25H,1,5,8-11H2,2-3H3. The Morgan fingerprint density at radius 2 is 1.93 bits per heavy atom. The first kappa shape index (κ1) is 20.9. The lowest BCUT2D eigenvalue weighted by molar-refractivity contribution is 0.0520. The number of aromatic amines is 1. The molecule has 0 atom stereocenters. The van der Waals surface area contributed by atoms with Gasteiger partial charge in [0.05, 0.1) is 26.4 Å². The zero-order valence-electron chi connectivity index (χ0n) is 15.6. The number of H-pyrrole nitrogens is 1. The van der Waals surface area contributed by atoms with Crippen molar-refractivity contribution in [1.29, 1.82) is 0 Å². The molecule has 0 saturated carbocycles. The second-order valence-electron chi connectivity index (χ2n) is 5.93. The summed E-state index contributed by atoms with van der Waals surface area (Å²) in [5, 5.41) is 32.3. The van der Waals surface area contributed by atoms with Gasteiger partial charge in [-0.05, 0) is 36.2 Å². The van der Waals surface area contributed by atoms with Gasteiger partial charge in [0, 0.05) is 23.4 Å². The molecule has 146 valence electrons. The largest absolute Gasteiger partial charge is 0.461 e. The van der Waals surface area contributed by atoms with Crippen molar-refractivity contribution in [1.82, 2.24) is 10.3 Å². The van der Waals surface area contributed by atoms with Crippen LogP contribution < -0.4 is 5.32 Å². The Bertz CT molecular complexity index is 826. The first-order valence-corrected chi connectivity index (χ1v) is 8.73. The Hall–Kier alpha value is -2.45. The fourth-order valence-electron chi connectivity index (χ4n) is 3.26. The topological polar surface area (TPSA) is 115 Å². The average Bonchev–Trinajstić information content (AvgIpc) is 3.05. The number of esters is 1. The number of benzene rings is 1. The van der Waals surface area contributed by atoms with Gasteiger partial charge >= 0.3 is 5.97 Å². The van der Waals surface area contributed by atoms with Crippen LogP contribution in [0.25, 0.3) is 17.2 Å². The summed E-state index contributed by atoms with van der Waals surface area (Å²) < 4.78 is 5.13. The summed E-state index contributed by atoms with van der Waals surface area (Å²) in [6, 6.07) is 3.47. The van der Waals surface area contributed by atoms with E-state index in [4.69, 9.17) is 4.74 Å². The number of rotatable bonds is 9. The van der Waals surface area contributed by atoms with Crippen LogP contribution in [0.5, 0.6) is 0 Å². The molecule has 1 aromatic heterocycles. The van der Waals surface area contributed by atoms with Crippen LogP contribution in [0, 0.1) is 0 Å². The van der Waals surface area contributed by atoms with Gasteiger partial charge in [-0.2, -0.15) is 0 Å². The molecule has 2 rings (SSSR count). The SMILES string of the molecule is C=Cc1c(C(=O)OCC)[nH]c(CNC)c1-c1ccc(CO)c(CO)c1CO. The van der Waals surface area contributed by atoms with Gasteiger partial charge in [-0.3, -0.25) is 0 Å². The molecule has 0 aliphatic heterocycles. The van der Waals surface area contributed by atoms with Crippen molar-refractivity contribution in [2.24, 2.45) is 0 Å². The van der Waals surface area contributed by atoms with Crippen molar-refractivity contribution >= 4 is 12.0 Å². The van der Waals surface area contributed by atoms with Crippen molar-refractivity contribution in [2.45, 2.75) is 33.3 Å². The van der Waals surface area contributed by atoms with Crippen LogP contribution >= 0.6 is 0 Å². The molecule has 0 aliphatic carbocycles. The first-order valence-electron chi connectivity index (χ1n) is 8.73. The van der Waals surface area contributed by atoms with E-state index < -0.39 is 5.97 Å². The smallest absolute Gasteiger partial charge is 0.355 e. The molecule has 0 saturated heterocycles. The fourth-order valence-corrected chi connectivity index (χ4v) is 3.26. The molecule has 1 heterocycles. The summed E-state index contributed by atoms with van der Waals surface area (Å²) in [5.41, 5.74) is 4.45. The predicted molar refractivity (Wildman–Crippen MR) is 103 cm³/mol. The monoisotopic (exact) mass is 374 g/mol. The molecular formula is C20H26N2O5. The van der Waals surface area contributed by atoms with Crippen LogP contribution in [0.4, 0.5) is 0 Å². The quantitative estimate of drug-likeness (QED) is 0.427. The highest BCUT2D eigenvalue weighted by Gasteiger charge is 2.24. The number of carbonyl (C=O) groups excluding carboxylic acids is 1. The minimum absolute atomic E-state index is 0.243. The molecule has 0 spiro atoms. The first-order chi connectivity index (χ1) is 13.1. The van der Waals surface area contributed by atoms with E-state index in [9.17, 15) is 20.1 Å². The molecule has 0 amide bonds. The number of aromatic nitrogens is 1. The third kappa shape index (κ3) is 3.96. The highest BCUT2D eigenvalue weighted by Crippen LogP contribution is 2.36. The summed E-state index contributed by atoms with van der Waals surface area (Å²) in [5.74, 6) is -0.490. The second kappa shape index (κ2) is 9.48. The predicted octanol–water partition coefficient (Wildman–Crippen LogP) is 1.70. The van der Waals surface area contributed by atoms with Crippen LogP contribution in [0.1, 0.15) is 45.4 Å². The normalized spacial score (nSPS) is 10.9. The van der Waals surface area contributed by atoms with Gasteiger partial charge in [0.2, 0.25) is 0 Å². The van der Waals surface area contributed by atoms with Crippen LogP contribution in [0.15, 0.2) is 18.7 Å². The fraction of sp³-hybridized carbons (Fsp3) is 0.350. The summed E-state index contributed by atoms with van der Waals surface area (Å²) in [7, 11) is 1.78. The Balaban J connectivity index is 2.81. The van der Waals surface area contributed by atoms with E-state index in [2.05, 4.69) is 16.9 Å². The number of carbonyl (C=O) groups is 1. The Morgan fingerprint density at radius 3 is 2.44 bits per heavy atom. The van der Waals surface area contributed by atoms with Gasteiger partial charge in [-0.1, -0.05) is 24.8 Å².